The fraction of sp³-hybridized carbons (Fsp3) is 0.250. The van der Waals surface area contributed by atoms with Crippen LogP contribution in [0.15, 0.2) is 42.5 Å². The van der Waals surface area contributed by atoms with Crippen molar-refractivity contribution in [1.82, 2.24) is 0 Å². The Bertz CT molecular complexity index is 602. The van der Waals surface area contributed by atoms with E-state index in [1.807, 2.05) is 12.1 Å². The third kappa shape index (κ3) is 3.70. The first-order valence-electron chi connectivity index (χ1n) is 6.52. The summed E-state index contributed by atoms with van der Waals surface area (Å²) in [5, 5.41) is 0. The maximum absolute atomic E-state index is 13.6. The first kappa shape index (κ1) is 15.3. The standard InChI is InChI=1S/C16H17F2NO2/c1-10(21-15-8-5-12(17)9-14(15)18)16(19)11-3-6-13(20-2)7-4-11/h3-10,16H,19H2,1-2H3. The van der Waals surface area contributed by atoms with Gasteiger partial charge >= 0.3 is 0 Å². The summed E-state index contributed by atoms with van der Waals surface area (Å²) in [5.41, 5.74) is 6.93. The molecule has 3 nitrogen and oxygen atoms in total. The minimum atomic E-state index is -0.746. The molecule has 0 saturated carbocycles. The molecule has 0 saturated heterocycles. The van der Waals surface area contributed by atoms with Gasteiger partial charge in [0.15, 0.2) is 11.6 Å². The number of methoxy groups -OCH3 is 1. The summed E-state index contributed by atoms with van der Waals surface area (Å²) in [6.07, 6.45) is -0.474. The van der Waals surface area contributed by atoms with Gasteiger partial charge in [-0.15, -0.1) is 0 Å². The van der Waals surface area contributed by atoms with Crippen molar-refractivity contribution in [3.8, 4) is 11.5 Å². The fourth-order valence-electron chi connectivity index (χ4n) is 1.94. The molecule has 2 aromatic carbocycles. The van der Waals surface area contributed by atoms with Gasteiger partial charge in [0.25, 0.3) is 0 Å². The van der Waals surface area contributed by atoms with Crippen LogP contribution in [0.1, 0.15) is 18.5 Å². The maximum Gasteiger partial charge on any atom is 0.167 e. The molecule has 0 aliphatic rings. The predicted molar refractivity (Wildman–Crippen MR) is 76.4 cm³/mol. The van der Waals surface area contributed by atoms with E-state index in [4.69, 9.17) is 15.2 Å². The first-order chi connectivity index (χ1) is 10.0. The van der Waals surface area contributed by atoms with Gasteiger partial charge in [-0.25, -0.2) is 8.78 Å². The third-order valence-electron chi connectivity index (χ3n) is 3.21. The summed E-state index contributed by atoms with van der Waals surface area (Å²) in [6.45, 7) is 1.73. The zero-order chi connectivity index (χ0) is 15.4. The molecule has 21 heavy (non-hydrogen) atoms. The zero-order valence-electron chi connectivity index (χ0n) is 11.8. The van der Waals surface area contributed by atoms with Crippen molar-refractivity contribution in [3.05, 3.63) is 59.7 Å². The van der Waals surface area contributed by atoms with E-state index in [0.29, 0.717) is 0 Å². The van der Waals surface area contributed by atoms with Gasteiger partial charge in [0.2, 0.25) is 0 Å². The first-order valence-corrected chi connectivity index (χ1v) is 6.52. The Labute approximate surface area is 122 Å². The second kappa shape index (κ2) is 6.54. The highest BCUT2D eigenvalue weighted by atomic mass is 19.1. The van der Waals surface area contributed by atoms with Gasteiger partial charge in [-0.05, 0) is 36.8 Å². The molecular weight excluding hydrogens is 276 g/mol. The Kier molecular flexibility index (Phi) is 4.75. The van der Waals surface area contributed by atoms with Gasteiger partial charge in [0.1, 0.15) is 17.7 Å². The molecule has 0 bridgehead atoms. The van der Waals surface area contributed by atoms with E-state index in [1.165, 1.54) is 6.07 Å². The Morgan fingerprint density at radius 3 is 2.29 bits per heavy atom. The molecule has 0 amide bonds. The van der Waals surface area contributed by atoms with Gasteiger partial charge in [-0.2, -0.15) is 0 Å². The van der Waals surface area contributed by atoms with Gasteiger partial charge in [0.05, 0.1) is 13.2 Å². The molecule has 0 aliphatic carbocycles. The number of halogens is 2. The van der Waals surface area contributed by atoms with E-state index < -0.39 is 23.8 Å². The lowest BCUT2D eigenvalue weighted by molar-refractivity contribution is 0.182. The summed E-state index contributed by atoms with van der Waals surface area (Å²) in [5.74, 6) is -0.687. The lowest BCUT2D eigenvalue weighted by Crippen LogP contribution is -2.29. The Morgan fingerprint density at radius 1 is 1.05 bits per heavy atom. The van der Waals surface area contributed by atoms with E-state index >= 15 is 0 Å². The van der Waals surface area contributed by atoms with Crippen LogP contribution in [0.3, 0.4) is 0 Å². The van der Waals surface area contributed by atoms with Crippen molar-refractivity contribution in [3.63, 3.8) is 0 Å². The van der Waals surface area contributed by atoms with Crippen LogP contribution in [-0.2, 0) is 0 Å². The quantitative estimate of drug-likeness (QED) is 0.918. The monoisotopic (exact) mass is 293 g/mol. The number of ether oxygens (including phenoxy) is 2. The number of hydrogen-bond acceptors (Lipinski definition) is 3. The van der Waals surface area contributed by atoms with Crippen LogP contribution >= 0.6 is 0 Å². The third-order valence-corrected chi connectivity index (χ3v) is 3.21. The average Bonchev–Trinajstić information content (AvgIpc) is 2.49. The van der Waals surface area contributed by atoms with Crippen molar-refractivity contribution >= 4 is 0 Å². The van der Waals surface area contributed by atoms with E-state index in [-0.39, 0.29) is 5.75 Å². The molecular formula is C16H17F2NO2. The molecule has 5 heteroatoms. The van der Waals surface area contributed by atoms with Crippen LogP contribution in [0.2, 0.25) is 0 Å². The van der Waals surface area contributed by atoms with E-state index in [0.717, 1.165) is 23.4 Å². The van der Waals surface area contributed by atoms with Crippen LogP contribution in [-0.4, -0.2) is 13.2 Å². The Morgan fingerprint density at radius 2 is 1.71 bits per heavy atom. The summed E-state index contributed by atoms with van der Waals surface area (Å²) < 4.78 is 37.0. The van der Waals surface area contributed by atoms with Gasteiger partial charge in [-0.3, -0.25) is 0 Å². The zero-order valence-corrected chi connectivity index (χ0v) is 11.8. The molecule has 2 N–H and O–H groups in total. The van der Waals surface area contributed by atoms with Crippen molar-refractivity contribution in [2.45, 2.75) is 19.1 Å². The summed E-state index contributed by atoms with van der Waals surface area (Å²) >= 11 is 0. The fourth-order valence-corrected chi connectivity index (χ4v) is 1.94. The molecule has 2 aromatic rings. The van der Waals surface area contributed by atoms with Crippen molar-refractivity contribution in [2.24, 2.45) is 5.73 Å². The van der Waals surface area contributed by atoms with Crippen molar-refractivity contribution in [2.75, 3.05) is 7.11 Å². The smallest absolute Gasteiger partial charge is 0.167 e. The number of benzene rings is 2. The topological polar surface area (TPSA) is 44.5 Å². The van der Waals surface area contributed by atoms with Crippen molar-refractivity contribution in [1.29, 1.82) is 0 Å². The highest BCUT2D eigenvalue weighted by molar-refractivity contribution is 5.30. The molecule has 0 heterocycles. The summed E-state index contributed by atoms with van der Waals surface area (Å²) in [6, 6.07) is 9.96. The van der Waals surface area contributed by atoms with E-state index in [2.05, 4.69) is 0 Å². The minimum absolute atomic E-state index is 0.0205. The maximum atomic E-state index is 13.6. The molecule has 0 aromatic heterocycles. The highest BCUT2D eigenvalue weighted by Gasteiger charge is 2.18. The molecule has 0 fully saturated rings. The van der Waals surface area contributed by atoms with Gasteiger partial charge in [-0.1, -0.05) is 12.1 Å². The number of rotatable bonds is 5. The van der Waals surface area contributed by atoms with Gasteiger partial charge < -0.3 is 15.2 Å². The van der Waals surface area contributed by atoms with Crippen LogP contribution in [0.4, 0.5) is 8.78 Å². The van der Waals surface area contributed by atoms with Gasteiger partial charge in [0, 0.05) is 6.07 Å². The predicted octanol–water partition coefficient (Wildman–Crippen LogP) is 3.44. The summed E-state index contributed by atoms with van der Waals surface area (Å²) in [7, 11) is 1.58. The molecule has 2 atom stereocenters. The van der Waals surface area contributed by atoms with Crippen LogP contribution in [0, 0.1) is 11.6 Å². The molecule has 2 rings (SSSR count). The average molecular weight is 293 g/mol. The second-order valence-corrected chi connectivity index (χ2v) is 4.70. The Balaban J connectivity index is 2.09. The largest absolute Gasteiger partial charge is 0.497 e. The molecule has 0 spiro atoms. The van der Waals surface area contributed by atoms with Crippen LogP contribution in [0.25, 0.3) is 0 Å². The van der Waals surface area contributed by atoms with Crippen LogP contribution in [0.5, 0.6) is 11.5 Å². The van der Waals surface area contributed by atoms with Crippen molar-refractivity contribution < 1.29 is 18.3 Å². The molecule has 112 valence electrons. The number of nitrogens with two attached hydrogens (primary N) is 1. The lowest BCUT2D eigenvalue weighted by atomic mass is 10.0. The van der Waals surface area contributed by atoms with E-state index in [1.54, 1.807) is 26.2 Å². The molecule has 2 unspecified atom stereocenters. The summed E-state index contributed by atoms with van der Waals surface area (Å²) in [4.78, 5) is 0. The number of hydrogen-bond donors (Lipinski definition) is 1. The Hall–Kier alpha value is -2.14. The minimum Gasteiger partial charge on any atom is -0.497 e. The van der Waals surface area contributed by atoms with Crippen LogP contribution < -0.4 is 15.2 Å². The molecule has 0 radical (unpaired) electrons. The van der Waals surface area contributed by atoms with E-state index in [9.17, 15) is 8.78 Å². The SMILES string of the molecule is COc1ccc(C(N)C(C)Oc2ccc(F)cc2F)cc1. The second-order valence-electron chi connectivity index (χ2n) is 4.70. The lowest BCUT2D eigenvalue weighted by Gasteiger charge is -2.22. The normalized spacial score (nSPS) is 13.6. The molecule has 0 aliphatic heterocycles. The highest BCUT2D eigenvalue weighted by Crippen LogP contribution is 2.24.